The Morgan fingerprint density at radius 2 is 1.35 bits per heavy atom. The molecule has 0 fully saturated rings. The Morgan fingerprint density at radius 3 is 2.22 bits per heavy atom. The maximum Gasteiger partial charge on any atom is 0.164 e. The van der Waals surface area contributed by atoms with Gasteiger partial charge in [-0.25, -0.2) is 19.9 Å². The molecule has 0 bridgehead atoms. The molecule has 0 unspecified atom stereocenters. The predicted molar refractivity (Wildman–Crippen MR) is 228 cm³/mol. The number of para-hydroxylation sites is 1. The maximum absolute atomic E-state index is 5.05. The summed E-state index contributed by atoms with van der Waals surface area (Å²) in [5.41, 5.74) is 17.1. The lowest BCUT2D eigenvalue weighted by Gasteiger charge is -2.21. The van der Waals surface area contributed by atoms with E-state index in [-0.39, 0.29) is 5.41 Å². The largest absolute Gasteiger partial charge is 0.309 e. The topological polar surface area (TPSA) is 56.5 Å². The van der Waals surface area contributed by atoms with Gasteiger partial charge in [-0.05, 0) is 83.1 Å². The van der Waals surface area contributed by atoms with E-state index in [2.05, 4.69) is 151 Å². The molecule has 3 aromatic heterocycles. The van der Waals surface area contributed by atoms with Crippen molar-refractivity contribution in [3.63, 3.8) is 0 Å². The predicted octanol–water partition coefficient (Wildman–Crippen LogP) is 12.6. The summed E-state index contributed by atoms with van der Waals surface area (Å²) in [6.45, 7) is 4.68. The quantitative estimate of drug-likeness (QED) is 0.177. The minimum atomic E-state index is -0.0660. The third-order valence-electron chi connectivity index (χ3n) is 11.4. The average Bonchev–Trinajstić information content (AvgIpc) is 3.92. The molecule has 262 valence electrons. The zero-order chi connectivity index (χ0) is 36.7. The van der Waals surface area contributed by atoms with Crippen LogP contribution in [0, 0.1) is 0 Å². The SMILES string of the molecule is CC1(C)c2ccc(-c3ccc4c(c3)c3ccccc3n4-c3cccc(-c4nc(C5=CCCC=C5)nc(-c5ccccc5)n4)c3)cc2-c2c1ccc1ncsc21. The molecule has 5 nitrogen and oxygen atoms in total. The monoisotopic (exact) mass is 725 g/mol. The highest BCUT2D eigenvalue weighted by atomic mass is 32.1. The number of rotatable bonds is 5. The van der Waals surface area contributed by atoms with Crippen molar-refractivity contribution in [2.45, 2.75) is 32.1 Å². The van der Waals surface area contributed by atoms with Crippen molar-refractivity contribution in [2.24, 2.45) is 0 Å². The summed E-state index contributed by atoms with van der Waals surface area (Å²) < 4.78 is 3.64. The van der Waals surface area contributed by atoms with Crippen molar-refractivity contribution >= 4 is 48.9 Å². The second kappa shape index (κ2) is 12.3. The van der Waals surface area contributed by atoms with Crippen LogP contribution in [0.2, 0.25) is 0 Å². The second-order valence-corrected chi connectivity index (χ2v) is 15.9. The Hall–Kier alpha value is -6.50. The molecule has 2 aliphatic rings. The normalized spacial score (nSPS) is 14.4. The first kappa shape index (κ1) is 32.0. The molecule has 0 radical (unpaired) electrons. The van der Waals surface area contributed by atoms with E-state index in [4.69, 9.17) is 15.0 Å². The number of fused-ring (bicyclic) bond motifs is 8. The van der Waals surface area contributed by atoms with E-state index in [0.717, 1.165) is 51.8 Å². The van der Waals surface area contributed by atoms with E-state index < -0.39 is 0 Å². The zero-order valence-electron chi connectivity index (χ0n) is 30.5. The van der Waals surface area contributed by atoms with Crippen LogP contribution in [-0.4, -0.2) is 24.5 Å². The van der Waals surface area contributed by atoms with Crippen LogP contribution in [0.4, 0.5) is 0 Å². The van der Waals surface area contributed by atoms with Crippen LogP contribution >= 0.6 is 11.3 Å². The van der Waals surface area contributed by atoms with Gasteiger partial charge >= 0.3 is 0 Å². The van der Waals surface area contributed by atoms with Crippen molar-refractivity contribution in [2.75, 3.05) is 0 Å². The van der Waals surface area contributed by atoms with Gasteiger partial charge in [0.1, 0.15) is 0 Å². The number of thiazole rings is 1. The molecule has 11 rings (SSSR count). The average molecular weight is 726 g/mol. The van der Waals surface area contributed by atoms with E-state index >= 15 is 0 Å². The fourth-order valence-corrected chi connectivity index (χ4v) is 9.53. The molecule has 9 aromatic rings. The first-order chi connectivity index (χ1) is 27.0. The molecular weight excluding hydrogens is 691 g/mol. The first-order valence-electron chi connectivity index (χ1n) is 18.9. The van der Waals surface area contributed by atoms with Crippen LogP contribution in [0.3, 0.4) is 0 Å². The molecule has 0 saturated carbocycles. The van der Waals surface area contributed by atoms with Crippen molar-refractivity contribution in [3.05, 3.63) is 168 Å². The Balaban J connectivity index is 1.04. The first-order valence-corrected chi connectivity index (χ1v) is 19.7. The van der Waals surface area contributed by atoms with Gasteiger partial charge in [0, 0.05) is 44.1 Å². The van der Waals surface area contributed by atoms with Crippen LogP contribution in [0.25, 0.3) is 88.3 Å². The third kappa shape index (κ3) is 5.05. The second-order valence-electron chi connectivity index (χ2n) is 15.0. The summed E-state index contributed by atoms with van der Waals surface area (Å²) in [5, 5.41) is 2.43. The van der Waals surface area contributed by atoms with E-state index in [0.29, 0.717) is 17.5 Å². The van der Waals surface area contributed by atoms with Gasteiger partial charge < -0.3 is 4.57 Å². The number of aromatic nitrogens is 5. The Labute approximate surface area is 323 Å². The van der Waals surface area contributed by atoms with Crippen LogP contribution in [-0.2, 0) is 5.41 Å². The van der Waals surface area contributed by atoms with Gasteiger partial charge in [-0.15, -0.1) is 11.3 Å². The molecule has 0 aliphatic heterocycles. The fraction of sp³-hybridized carbons (Fsp3) is 0.102. The molecule has 6 aromatic carbocycles. The minimum Gasteiger partial charge on any atom is -0.309 e. The molecule has 0 atom stereocenters. The minimum absolute atomic E-state index is 0.0660. The highest BCUT2D eigenvalue weighted by Gasteiger charge is 2.37. The number of allylic oxidation sites excluding steroid dienone is 4. The van der Waals surface area contributed by atoms with Gasteiger partial charge in [0.05, 0.1) is 26.8 Å². The standard InChI is InChI=1S/C49H35N5S/c1-49(2)39-22-20-32(28-38(39)44-40(49)23-24-41-45(44)55-29-50-41)33-21-25-43-37(27-33)36-18-9-10-19-42(36)54(43)35-17-11-16-34(26-35)48-52-46(30-12-5-3-6-13-30)51-47(53-48)31-14-7-4-8-15-31/h3,5-7,9-29H,4,8H2,1-2H3. The Morgan fingerprint density at radius 1 is 0.600 bits per heavy atom. The maximum atomic E-state index is 5.05. The molecule has 0 N–H and O–H groups in total. The summed E-state index contributed by atoms with van der Waals surface area (Å²) in [6, 6.07) is 45.9. The summed E-state index contributed by atoms with van der Waals surface area (Å²) >= 11 is 1.74. The summed E-state index contributed by atoms with van der Waals surface area (Å²) in [7, 11) is 0. The van der Waals surface area contributed by atoms with Crippen LogP contribution in [0.15, 0.2) is 151 Å². The van der Waals surface area contributed by atoms with Crippen LogP contribution in [0.1, 0.15) is 43.6 Å². The molecule has 2 aliphatic carbocycles. The molecule has 0 spiro atoms. The van der Waals surface area contributed by atoms with Crippen molar-refractivity contribution in [1.29, 1.82) is 0 Å². The van der Waals surface area contributed by atoms with E-state index in [1.807, 2.05) is 23.7 Å². The lowest BCUT2D eigenvalue weighted by molar-refractivity contribution is 0.661. The van der Waals surface area contributed by atoms with Gasteiger partial charge in [-0.2, -0.15) is 0 Å². The third-order valence-corrected chi connectivity index (χ3v) is 12.3. The Kier molecular flexibility index (Phi) is 7.13. The van der Waals surface area contributed by atoms with Crippen molar-refractivity contribution in [1.82, 2.24) is 24.5 Å². The number of nitrogens with zero attached hydrogens (tertiary/aromatic N) is 5. The van der Waals surface area contributed by atoms with Gasteiger partial charge in [-0.3, -0.25) is 0 Å². The fourth-order valence-electron chi connectivity index (χ4n) is 8.68. The Bertz CT molecular complexity index is 3070. The summed E-state index contributed by atoms with van der Waals surface area (Å²) in [4.78, 5) is 19.7. The summed E-state index contributed by atoms with van der Waals surface area (Å²) in [6.07, 6.45) is 8.56. The van der Waals surface area contributed by atoms with Gasteiger partial charge in [0.25, 0.3) is 0 Å². The molecular formula is C49H35N5S. The number of hydrogen-bond acceptors (Lipinski definition) is 5. The van der Waals surface area contributed by atoms with Gasteiger partial charge in [-0.1, -0.05) is 117 Å². The van der Waals surface area contributed by atoms with Crippen LogP contribution in [0.5, 0.6) is 0 Å². The molecule has 3 heterocycles. The highest BCUT2D eigenvalue weighted by Crippen LogP contribution is 2.53. The lowest BCUT2D eigenvalue weighted by atomic mass is 9.82. The van der Waals surface area contributed by atoms with E-state index in [1.54, 1.807) is 11.3 Å². The molecule has 6 heteroatoms. The van der Waals surface area contributed by atoms with Crippen molar-refractivity contribution < 1.29 is 0 Å². The molecule has 0 saturated heterocycles. The summed E-state index contributed by atoms with van der Waals surface area (Å²) in [5.74, 6) is 2.03. The highest BCUT2D eigenvalue weighted by molar-refractivity contribution is 7.17. The van der Waals surface area contributed by atoms with E-state index in [9.17, 15) is 0 Å². The smallest absolute Gasteiger partial charge is 0.164 e. The molecule has 55 heavy (non-hydrogen) atoms. The van der Waals surface area contributed by atoms with E-state index in [1.165, 1.54) is 48.9 Å². The lowest BCUT2D eigenvalue weighted by Crippen LogP contribution is -2.14. The van der Waals surface area contributed by atoms with Gasteiger partial charge in [0.2, 0.25) is 0 Å². The van der Waals surface area contributed by atoms with Crippen LogP contribution < -0.4 is 0 Å². The zero-order valence-corrected chi connectivity index (χ0v) is 31.3. The van der Waals surface area contributed by atoms with Gasteiger partial charge in [0.15, 0.2) is 17.5 Å². The van der Waals surface area contributed by atoms with Crippen molar-refractivity contribution in [3.8, 4) is 50.7 Å². The number of hydrogen-bond donors (Lipinski definition) is 0. The molecule has 0 amide bonds. The number of benzene rings is 6.